The van der Waals surface area contributed by atoms with Crippen molar-refractivity contribution < 1.29 is 14.7 Å². The predicted molar refractivity (Wildman–Crippen MR) is 81.6 cm³/mol. The quantitative estimate of drug-likeness (QED) is 0.804. The summed E-state index contributed by atoms with van der Waals surface area (Å²) in [5.74, 6) is 0.780. The molecule has 1 aliphatic carbocycles. The summed E-state index contributed by atoms with van der Waals surface area (Å²) in [6, 6.07) is 0.711. The van der Waals surface area contributed by atoms with Crippen LogP contribution < -0.4 is 5.32 Å². The van der Waals surface area contributed by atoms with Crippen LogP contribution in [0, 0.1) is 0 Å². The Hall–Kier alpha value is -0.950. The van der Waals surface area contributed by atoms with Crippen LogP contribution >= 0.6 is 11.8 Å². The van der Waals surface area contributed by atoms with Crippen molar-refractivity contribution in [2.45, 2.75) is 43.8 Å². The van der Waals surface area contributed by atoms with Gasteiger partial charge in [-0.1, -0.05) is 0 Å². The van der Waals surface area contributed by atoms with Gasteiger partial charge in [0, 0.05) is 43.2 Å². The Morgan fingerprint density at radius 3 is 2.76 bits per heavy atom. The summed E-state index contributed by atoms with van der Waals surface area (Å²) < 4.78 is 0. The van der Waals surface area contributed by atoms with E-state index in [9.17, 15) is 9.59 Å². The maximum Gasteiger partial charge on any atom is 0.317 e. The number of aliphatic carboxylic acids is 1. The Morgan fingerprint density at radius 2 is 2.05 bits per heavy atom. The Morgan fingerprint density at radius 1 is 1.24 bits per heavy atom. The molecule has 2 saturated heterocycles. The number of likely N-dealkylation sites (tertiary alicyclic amines) is 1. The first kappa shape index (κ1) is 15.0. The molecule has 1 saturated carbocycles. The van der Waals surface area contributed by atoms with E-state index in [1.165, 1.54) is 12.8 Å². The molecular formula is C14H23N3O3S. The zero-order chi connectivity index (χ0) is 14.8. The summed E-state index contributed by atoms with van der Waals surface area (Å²) in [5.41, 5.74) is 0. The van der Waals surface area contributed by atoms with Crippen LogP contribution in [0.25, 0.3) is 0 Å². The first-order valence-electron chi connectivity index (χ1n) is 7.74. The minimum Gasteiger partial charge on any atom is -0.481 e. The molecule has 2 atom stereocenters. The van der Waals surface area contributed by atoms with Gasteiger partial charge in [0.2, 0.25) is 0 Å². The first-order valence-corrected chi connectivity index (χ1v) is 8.89. The molecule has 3 aliphatic rings. The van der Waals surface area contributed by atoms with Gasteiger partial charge in [0.05, 0.1) is 12.5 Å². The van der Waals surface area contributed by atoms with Crippen LogP contribution in [0.2, 0.25) is 0 Å². The smallest absolute Gasteiger partial charge is 0.317 e. The van der Waals surface area contributed by atoms with E-state index >= 15 is 0 Å². The Kier molecular flexibility index (Phi) is 4.59. The maximum atomic E-state index is 12.4. The van der Waals surface area contributed by atoms with Crippen molar-refractivity contribution in [3.05, 3.63) is 0 Å². The van der Waals surface area contributed by atoms with Crippen molar-refractivity contribution in [3.8, 4) is 0 Å². The summed E-state index contributed by atoms with van der Waals surface area (Å²) in [7, 11) is 0. The van der Waals surface area contributed by atoms with E-state index in [1.54, 1.807) is 16.7 Å². The summed E-state index contributed by atoms with van der Waals surface area (Å²) in [6.07, 6.45) is 3.64. The van der Waals surface area contributed by atoms with Crippen molar-refractivity contribution in [1.29, 1.82) is 0 Å². The van der Waals surface area contributed by atoms with E-state index in [2.05, 4.69) is 10.2 Å². The fourth-order valence-electron chi connectivity index (χ4n) is 3.23. The average Bonchev–Trinajstić information content (AvgIpc) is 3.19. The van der Waals surface area contributed by atoms with E-state index in [1.807, 2.05) is 0 Å². The molecule has 3 fully saturated rings. The van der Waals surface area contributed by atoms with Crippen molar-refractivity contribution in [1.82, 2.24) is 15.1 Å². The zero-order valence-electron chi connectivity index (χ0n) is 12.2. The van der Waals surface area contributed by atoms with Gasteiger partial charge in [-0.25, -0.2) is 4.79 Å². The Balaban J connectivity index is 1.52. The van der Waals surface area contributed by atoms with Gasteiger partial charge in [-0.2, -0.15) is 11.8 Å². The number of nitrogens with one attached hydrogen (secondary N) is 1. The lowest BCUT2D eigenvalue weighted by atomic mass is 10.2. The summed E-state index contributed by atoms with van der Waals surface area (Å²) in [5, 5.41) is 12.1. The van der Waals surface area contributed by atoms with E-state index in [4.69, 9.17) is 5.11 Å². The van der Waals surface area contributed by atoms with Crippen LogP contribution in [-0.2, 0) is 4.79 Å². The number of hydrogen-bond acceptors (Lipinski definition) is 4. The van der Waals surface area contributed by atoms with Crippen LogP contribution in [0.3, 0.4) is 0 Å². The number of nitrogens with zero attached hydrogens (tertiary/aromatic N) is 2. The molecule has 118 valence electrons. The Bertz CT molecular complexity index is 416. The highest BCUT2D eigenvalue weighted by Gasteiger charge is 2.36. The molecular weight excluding hydrogens is 290 g/mol. The average molecular weight is 313 g/mol. The molecule has 7 heteroatoms. The third-order valence-corrected chi connectivity index (χ3v) is 5.60. The number of urea groups is 1. The molecule has 0 aromatic heterocycles. The molecule has 0 aromatic carbocycles. The van der Waals surface area contributed by atoms with Gasteiger partial charge in [-0.05, 0) is 19.3 Å². The van der Waals surface area contributed by atoms with Gasteiger partial charge in [-0.15, -0.1) is 0 Å². The molecule has 2 heterocycles. The van der Waals surface area contributed by atoms with Crippen molar-refractivity contribution in [3.63, 3.8) is 0 Å². The number of rotatable bonds is 4. The molecule has 2 amide bonds. The second-order valence-corrected chi connectivity index (χ2v) is 7.33. The van der Waals surface area contributed by atoms with Gasteiger partial charge >= 0.3 is 12.0 Å². The molecule has 6 nitrogen and oxygen atoms in total. The van der Waals surface area contributed by atoms with Gasteiger partial charge in [0.25, 0.3) is 0 Å². The Labute approximate surface area is 129 Å². The minimum absolute atomic E-state index is 0.0410. The second-order valence-electron chi connectivity index (χ2n) is 6.18. The lowest BCUT2D eigenvalue weighted by molar-refractivity contribution is -0.137. The van der Waals surface area contributed by atoms with Crippen LogP contribution in [0.5, 0.6) is 0 Å². The lowest BCUT2D eigenvalue weighted by Crippen LogP contribution is -2.53. The van der Waals surface area contributed by atoms with Gasteiger partial charge in [0.1, 0.15) is 0 Å². The number of amides is 2. The van der Waals surface area contributed by atoms with Crippen LogP contribution in [-0.4, -0.2) is 76.2 Å². The van der Waals surface area contributed by atoms with Crippen molar-refractivity contribution >= 4 is 23.8 Å². The van der Waals surface area contributed by atoms with E-state index in [0.29, 0.717) is 6.54 Å². The monoisotopic (exact) mass is 313 g/mol. The number of carbonyl (C=O) groups is 2. The van der Waals surface area contributed by atoms with Crippen molar-refractivity contribution in [2.24, 2.45) is 0 Å². The lowest BCUT2D eigenvalue weighted by Gasteiger charge is -2.35. The SMILES string of the molecule is O=C(O)CC1CSCCN1C(=O)NC1CCN(C2CC2)C1. The van der Waals surface area contributed by atoms with Crippen molar-refractivity contribution in [2.75, 3.05) is 31.1 Å². The van der Waals surface area contributed by atoms with E-state index in [0.717, 1.165) is 37.1 Å². The molecule has 0 spiro atoms. The van der Waals surface area contributed by atoms with Gasteiger partial charge in [-0.3, -0.25) is 9.69 Å². The third kappa shape index (κ3) is 3.83. The van der Waals surface area contributed by atoms with Gasteiger partial charge in [0.15, 0.2) is 0 Å². The zero-order valence-corrected chi connectivity index (χ0v) is 13.0. The highest BCUT2D eigenvalue weighted by molar-refractivity contribution is 7.99. The second kappa shape index (κ2) is 6.44. The van der Waals surface area contributed by atoms with E-state index < -0.39 is 5.97 Å². The van der Waals surface area contributed by atoms with Crippen LogP contribution in [0.15, 0.2) is 0 Å². The summed E-state index contributed by atoms with van der Waals surface area (Å²) >= 11 is 1.73. The largest absolute Gasteiger partial charge is 0.481 e. The molecule has 2 unspecified atom stereocenters. The highest BCUT2D eigenvalue weighted by atomic mass is 32.2. The minimum atomic E-state index is -0.832. The molecule has 0 aromatic rings. The molecule has 0 radical (unpaired) electrons. The predicted octanol–water partition coefficient (Wildman–Crippen LogP) is 0.825. The summed E-state index contributed by atoms with van der Waals surface area (Å²) in [6.45, 7) is 2.67. The van der Waals surface area contributed by atoms with Gasteiger partial charge < -0.3 is 15.3 Å². The standard InChI is InChI=1S/C14H23N3O3S/c18-13(19)7-12-9-21-6-5-17(12)14(20)15-10-3-4-16(8-10)11-1-2-11/h10-12H,1-9H2,(H,15,20)(H,18,19). The first-order chi connectivity index (χ1) is 10.1. The summed E-state index contributed by atoms with van der Waals surface area (Å²) in [4.78, 5) is 27.6. The van der Waals surface area contributed by atoms with Crippen LogP contribution in [0.1, 0.15) is 25.7 Å². The number of carboxylic acid groups (broad SMARTS) is 1. The number of carbonyl (C=O) groups excluding carboxylic acids is 1. The number of carboxylic acids is 1. The normalized spacial score (nSPS) is 30.4. The molecule has 2 N–H and O–H groups in total. The topological polar surface area (TPSA) is 72.9 Å². The van der Waals surface area contributed by atoms with E-state index in [-0.39, 0.29) is 24.5 Å². The molecule has 0 bridgehead atoms. The molecule has 2 aliphatic heterocycles. The number of hydrogen-bond donors (Lipinski definition) is 2. The molecule has 3 rings (SSSR count). The molecule has 21 heavy (non-hydrogen) atoms. The maximum absolute atomic E-state index is 12.4. The van der Waals surface area contributed by atoms with Crippen LogP contribution in [0.4, 0.5) is 4.79 Å². The number of thioether (sulfide) groups is 1. The fourth-order valence-corrected chi connectivity index (χ4v) is 4.29. The highest BCUT2D eigenvalue weighted by Crippen LogP contribution is 2.30. The fraction of sp³-hybridized carbons (Fsp3) is 0.857. The third-order valence-electron chi connectivity index (χ3n) is 4.51.